The van der Waals surface area contributed by atoms with E-state index in [2.05, 4.69) is 22.9 Å². The van der Waals surface area contributed by atoms with Gasteiger partial charge in [-0.2, -0.15) is 0 Å². The Morgan fingerprint density at radius 3 is 2.45 bits per heavy atom. The summed E-state index contributed by atoms with van der Waals surface area (Å²) in [5, 5.41) is 2.98. The molecule has 2 rings (SSSR count). The third kappa shape index (κ3) is 3.59. The molecule has 2 aromatic carbocycles. The third-order valence-electron chi connectivity index (χ3n) is 3.09. The maximum Gasteiger partial charge on any atom is 0.253 e. The van der Waals surface area contributed by atoms with Crippen molar-refractivity contribution < 1.29 is 4.79 Å². The first kappa shape index (κ1) is 14.1. The number of nitrogen functional groups attached to an aromatic ring is 1. The van der Waals surface area contributed by atoms with Crippen molar-refractivity contribution in [1.29, 1.82) is 0 Å². The molecule has 0 fully saturated rings. The predicted octanol–water partition coefficient (Wildman–Crippen LogP) is 2.33. The molecule has 104 valence electrons. The molecule has 0 heterocycles. The van der Waals surface area contributed by atoms with E-state index in [1.54, 1.807) is 12.1 Å². The molecule has 0 bridgehead atoms. The number of carbonyl (C=O) groups is 1. The van der Waals surface area contributed by atoms with Crippen molar-refractivity contribution in [3.63, 3.8) is 0 Å². The number of rotatable bonds is 5. The molecule has 4 N–H and O–H groups in total. The quantitative estimate of drug-likeness (QED) is 0.576. The average molecular weight is 269 g/mol. The van der Waals surface area contributed by atoms with Crippen LogP contribution >= 0.6 is 0 Å². The van der Waals surface area contributed by atoms with E-state index in [4.69, 9.17) is 5.84 Å². The lowest BCUT2D eigenvalue weighted by Crippen LogP contribution is -2.34. The van der Waals surface area contributed by atoms with Gasteiger partial charge in [-0.1, -0.05) is 42.5 Å². The Morgan fingerprint density at radius 2 is 1.75 bits per heavy atom. The fourth-order valence-corrected chi connectivity index (χ4v) is 2.13. The molecular formula is C16H19N3O. The molecule has 4 heteroatoms. The number of carbonyl (C=O) groups excluding carboxylic acids is 1. The number of nitrogens with two attached hydrogens (primary N) is 1. The SMILES string of the molecule is CC(Cc1ccccc1)NC(=O)c1ccccc1NN. The average Bonchev–Trinajstić information content (AvgIpc) is 2.48. The van der Waals surface area contributed by atoms with Crippen LogP contribution in [0.25, 0.3) is 0 Å². The molecule has 2 aromatic rings. The van der Waals surface area contributed by atoms with Gasteiger partial charge in [-0.15, -0.1) is 0 Å². The molecule has 0 aliphatic carbocycles. The largest absolute Gasteiger partial charge is 0.349 e. The molecule has 0 saturated carbocycles. The number of hydrogen-bond donors (Lipinski definition) is 3. The lowest BCUT2D eigenvalue weighted by atomic mass is 10.1. The minimum Gasteiger partial charge on any atom is -0.349 e. The summed E-state index contributed by atoms with van der Waals surface area (Å²) >= 11 is 0. The second kappa shape index (κ2) is 6.73. The molecule has 1 unspecified atom stereocenters. The van der Waals surface area contributed by atoms with Crippen LogP contribution in [0.4, 0.5) is 5.69 Å². The highest BCUT2D eigenvalue weighted by atomic mass is 16.1. The van der Waals surface area contributed by atoms with Crippen LogP contribution in [0.2, 0.25) is 0 Å². The summed E-state index contributed by atoms with van der Waals surface area (Å²) in [6, 6.07) is 17.3. The molecule has 0 aliphatic rings. The van der Waals surface area contributed by atoms with Gasteiger partial charge in [-0.25, -0.2) is 0 Å². The lowest BCUT2D eigenvalue weighted by Gasteiger charge is -2.15. The van der Waals surface area contributed by atoms with Gasteiger partial charge in [0.25, 0.3) is 5.91 Å². The lowest BCUT2D eigenvalue weighted by molar-refractivity contribution is 0.0941. The van der Waals surface area contributed by atoms with Gasteiger partial charge in [0, 0.05) is 6.04 Å². The van der Waals surface area contributed by atoms with Gasteiger partial charge < -0.3 is 10.7 Å². The summed E-state index contributed by atoms with van der Waals surface area (Å²) in [6.07, 6.45) is 0.796. The van der Waals surface area contributed by atoms with Crippen molar-refractivity contribution in [1.82, 2.24) is 5.32 Å². The Kier molecular flexibility index (Phi) is 4.74. The van der Waals surface area contributed by atoms with Crippen molar-refractivity contribution >= 4 is 11.6 Å². The van der Waals surface area contributed by atoms with E-state index in [0.29, 0.717) is 11.3 Å². The minimum atomic E-state index is -0.123. The summed E-state index contributed by atoms with van der Waals surface area (Å²) < 4.78 is 0. The molecule has 0 aromatic heterocycles. The van der Waals surface area contributed by atoms with Gasteiger partial charge in [0.2, 0.25) is 0 Å². The van der Waals surface area contributed by atoms with E-state index < -0.39 is 0 Å². The number of hydrogen-bond acceptors (Lipinski definition) is 3. The van der Waals surface area contributed by atoms with Crippen molar-refractivity contribution in [2.24, 2.45) is 5.84 Å². The third-order valence-corrected chi connectivity index (χ3v) is 3.09. The molecule has 0 aliphatic heterocycles. The molecule has 0 spiro atoms. The van der Waals surface area contributed by atoms with Gasteiger partial charge in [-0.05, 0) is 31.0 Å². The second-order valence-electron chi connectivity index (χ2n) is 4.75. The number of para-hydroxylation sites is 1. The highest BCUT2D eigenvalue weighted by molar-refractivity contribution is 5.99. The summed E-state index contributed by atoms with van der Waals surface area (Å²) in [4.78, 5) is 12.2. The molecular weight excluding hydrogens is 250 g/mol. The number of hydrazine groups is 1. The van der Waals surface area contributed by atoms with Crippen LogP contribution in [0.5, 0.6) is 0 Å². The van der Waals surface area contributed by atoms with Gasteiger partial charge in [0.15, 0.2) is 0 Å². The number of nitrogens with one attached hydrogen (secondary N) is 2. The van der Waals surface area contributed by atoms with Crippen molar-refractivity contribution in [3.05, 3.63) is 65.7 Å². The number of anilines is 1. The highest BCUT2D eigenvalue weighted by Crippen LogP contribution is 2.13. The Balaban J connectivity index is 2.00. The molecule has 0 saturated heterocycles. The fourth-order valence-electron chi connectivity index (χ4n) is 2.13. The molecule has 20 heavy (non-hydrogen) atoms. The summed E-state index contributed by atoms with van der Waals surface area (Å²) in [5.74, 6) is 5.29. The van der Waals surface area contributed by atoms with E-state index in [1.165, 1.54) is 5.56 Å². The summed E-state index contributed by atoms with van der Waals surface area (Å²) in [7, 11) is 0. The Hall–Kier alpha value is -2.33. The Bertz CT molecular complexity index is 569. The van der Waals surface area contributed by atoms with Gasteiger partial charge >= 0.3 is 0 Å². The topological polar surface area (TPSA) is 67.2 Å². The maximum atomic E-state index is 12.2. The van der Waals surface area contributed by atoms with E-state index >= 15 is 0 Å². The first-order valence-corrected chi connectivity index (χ1v) is 6.61. The smallest absolute Gasteiger partial charge is 0.253 e. The van der Waals surface area contributed by atoms with Crippen LogP contribution in [0.1, 0.15) is 22.8 Å². The van der Waals surface area contributed by atoms with Crippen LogP contribution in [0, 0.1) is 0 Å². The molecule has 1 amide bonds. The van der Waals surface area contributed by atoms with E-state index in [1.807, 2.05) is 37.3 Å². The molecule has 1 atom stereocenters. The molecule has 4 nitrogen and oxygen atoms in total. The summed E-state index contributed by atoms with van der Waals surface area (Å²) in [6.45, 7) is 1.99. The van der Waals surface area contributed by atoms with Gasteiger partial charge in [-0.3, -0.25) is 10.6 Å². The normalized spacial score (nSPS) is 11.7. The number of amides is 1. The first-order valence-electron chi connectivity index (χ1n) is 6.61. The van der Waals surface area contributed by atoms with Crippen LogP contribution in [0.15, 0.2) is 54.6 Å². The van der Waals surface area contributed by atoms with E-state index in [0.717, 1.165) is 6.42 Å². The van der Waals surface area contributed by atoms with Crippen LogP contribution in [-0.2, 0) is 6.42 Å². The van der Waals surface area contributed by atoms with Gasteiger partial charge in [0.05, 0.1) is 11.3 Å². The Morgan fingerprint density at radius 1 is 1.10 bits per heavy atom. The monoisotopic (exact) mass is 269 g/mol. The van der Waals surface area contributed by atoms with E-state index in [-0.39, 0.29) is 11.9 Å². The zero-order valence-corrected chi connectivity index (χ0v) is 11.5. The van der Waals surface area contributed by atoms with Crippen molar-refractivity contribution in [2.75, 3.05) is 5.43 Å². The summed E-state index contributed by atoms with van der Waals surface area (Å²) in [5.41, 5.74) is 4.91. The first-order chi connectivity index (χ1) is 9.70. The van der Waals surface area contributed by atoms with Crippen molar-refractivity contribution in [3.8, 4) is 0 Å². The van der Waals surface area contributed by atoms with Crippen LogP contribution in [0.3, 0.4) is 0 Å². The molecule has 0 radical (unpaired) electrons. The Labute approximate surface area is 119 Å². The minimum absolute atomic E-state index is 0.0516. The zero-order chi connectivity index (χ0) is 14.4. The van der Waals surface area contributed by atoms with E-state index in [9.17, 15) is 4.79 Å². The predicted molar refractivity (Wildman–Crippen MR) is 81.3 cm³/mol. The number of benzene rings is 2. The van der Waals surface area contributed by atoms with Crippen LogP contribution < -0.4 is 16.6 Å². The van der Waals surface area contributed by atoms with Crippen LogP contribution in [-0.4, -0.2) is 11.9 Å². The zero-order valence-electron chi connectivity index (χ0n) is 11.5. The second-order valence-corrected chi connectivity index (χ2v) is 4.75. The standard InChI is InChI=1S/C16H19N3O/c1-12(11-13-7-3-2-4-8-13)18-16(20)14-9-5-6-10-15(14)19-17/h2-10,12,19H,11,17H2,1H3,(H,18,20). The van der Waals surface area contributed by atoms with Crippen molar-refractivity contribution in [2.45, 2.75) is 19.4 Å². The highest BCUT2D eigenvalue weighted by Gasteiger charge is 2.13. The fraction of sp³-hybridized carbons (Fsp3) is 0.188. The van der Waals surface area contributed by atoms with Gasteiger partial charge in [0.1, 0.15) is 0 Å². The maximum absolute atomic E-state index is 12.2.